The van der Waals surface area contributed by atoms with E-state index in [1.54, 1.807) is 0 Å². The summed E-state index contributed by atoms with van der Waals surface area (Å²) in [6, 6.07) is 0. The molecule has 0 heterocycles. The second-order valence-corrected chi connectivity index (χ2v) is 15.3. The lowest BCUT2D eigenvalue weighted by Crippen LogP contribution is -2.29. The molecule has 52 heavy (non-hydrogen) atoms. The van der Waals surface area contributed by atoms with Crippen molar-refractivity contribution in [3.05, 3.63) is 36.5 Å². The fourth-order valence-electron chi connectivity index (χ4n) is 5.59. The first-order valence-corrected chi connectivity index (χ1v) is 22.5. The molecular formula is C42H78NO8P. The molecule has 1 unspecified atom stereocenters. The van der Waals surface area contributed by atoms with E-state index in [-0.39, 0.29) is 32.6 Å². The van der Waals surface area contributed by atoms with Crippen molar-refractivity contribution in [3.8, 4) is 0 Å². The molecule has 0 aromatic rings. The van der Waals surface area contributed by atoms with Gasteiger partial charge in [0, 0.05) is 19.4 Å². The summed E-state index contributed by atoms with van der Waals surface area (Å²) in [7, 11) is -4.38. The van der Waals surface area contributed by atoms with E-state index >= 15 is 0 Å². The number of nitrogens with two attached hydrogens (primary N) is 1. The molecule has 2 atom stereocenters. The summed E-state index contributed by atoms with van der Waals surface area (Å²) in [6.45, 7) is 3.66. The summed E-state index contributed by atoms with van der Waals surface area (Å²) in [6.07, 6.45) is 41.7. The van der Waals surface area contributed by atoms with Crippen LogP contribution < -0.4 is 5.73 Å². The Morgan fingerprint density at radius 3 is 1.54 bits per heavy atom. The average Bonchev–Trinajstić information content (AvgIpc) is 3.13. The molecule has 0 bridgehead atoms. The van der Waals surface area contributed by atoms with E-state index in [1.807, 2.05) is 0 Å². The van der Waals surface area contributed by atoms with Crippen molar-refractivity contribution in [2.75, 3.05) is 26.4 Å². The minimum Gasteiger partial charge on any atom is -0.462 e. The molecule has 0 saturated carbocycles. The number of phosphoric ester groups is 1. The quantitative estimate of drug-likeness (QED) is 0.0272. The predicted octanol–water partition coefficient (Wildman–Crippen LogP) is 11.8. The van der Waals surface area contributed by atoms with Gasteiger partial charge in [0.25, 0.3) is 0 Å². The highest BCUT2D eigenvalue weighted by molar-refractivity contribution is 7.47. The van der Waals surface area contributed by atoms with E-state index in [1.165, 1.54) is 77.0 Å². The van der Waals surface area contributed by atoms with Crippen LogP contribution in [0.1, 0.15) is 187 Å². The summed E-state index contributed by atoms with van der Waals surface area (Å²) < 4.78 is 32.7. The SMILES string of the molecule is CCCC/C=C\C/C=C\CCCCCCCC(=O)O[C@H](COC(=O)CCCCCCCCC/C=C\CCCCCCCC)COP(=O)(O)OCCN. The summed E-state index contributed by atoms with van der Waals surface area (Å²) in [5, 5.41) is 0. The molecule has 0 aliphatic carbocycles. The standard InChI is InChI=1S/C42H78NO8P/c1-3-5-7-9-11-13-15-17-19-20-21-23-24-26-28-30-32-34-41(44)48-38-40(39-50-52(46,47)49-37-36-43)51-42(45)35-33-31-29-27-25-22-18-16-14-12-10-8-6-4-2/h10,12,16-19,40H,3-9,11,13-15,20-39,43H2,1-2H3,(H,46,47)/b12-10-,18-16-,19-17-/t40-/m1/s1. The third-order valence-corrected chi connectivity index (χ3v) is 9.73. The van der Waals surface area contributed by atoms with Crippen LogP contribution >= 0.6 is 7.82 Å². The molecule has 0 fully saturated rings. The van der Waals surface area contributed by atoms with Gasteiger partial charge in [0.15, 0.2) is 6.10 Å². The number of esters is 2. The van der Waals surface area contributed by atoms with Crippen LogP contribution in [-0.4, -0.2) is 49.3 Å². The smallest absolute Gasteiger partial charge is 0.462 e. The molecule has 0 rings (SSSR count). The Labute approximate surface area is 318 Å². The highest BCUT2D eigenvalue weighted by Gasteiger charge is 2.26. The summed E-state index contributed by atoms with van der Waals surface area (Å²) in [5.41, 5.74) is 5.34. The number of ether oxygens (including phenoxy) is 2. The number of carbonyl (C=O) groups is 2. The molecule has 0 spiro atoms. The van der Waals surface area contributed by atoms with Crippen LogP contribution in [0.4, 0.5) is 0 Å². The van der Waals surface area contributed by atoms with Gasteiger partial charge in [0.05, 0.1) is 13.2 Å². The van der Waals surface area contributed by atoms with Crippen molar-refractivity contribution < 1.29 is 37.6 Å². The fraction of sp³-hybridized carbons (Fsp3) is 0.810. The first-order chi connectivity index (χ1) is 25.3. The molecule has 0 aromatic carbocycles. The van der Waals surface area contributed by atoms with Crippen LogP contribution in [-0.2, 0) is 32.7 Å². The minimum atomic E-state index is -4.38. The third kappa shape index (κ3) is 38.0. The Kier molecular flexibility index (Phi) is 37.6. The summed E-state index contributed by atoms with van der Waals surface area (Å²) in [4.78, 5) is 34.8. The number of hydrogen-bond donors (Lipinski definition) is 2. The summed E-state index contributed by atoms with van der Waals surface area (Å²) >= 11 is 0. The van der Waals surface area contributed by atoms with Crippen LogP contribution in [0.15, 0.2) is 36.5 Å². The Morgan fingerprint density at radius 2 is 1.02 bits per heavy atom. The van der Waals surface area contributed by atoms with Crippen LogP contribution in [0.5, 0.6) is 0 Å². The molecular weight excluding hydrogens is 677 g/mol. The number of allylic oxidation sites excluding steroid dienone is 6. The maximum absolute atomic E-state index is 12.5. The Balaban J connectivity index is 4.18. The zero-order chi connectivity index (χ0) is 38.2. The van der Waals surface area contributed by atoms with E-state index in [9.17, 15) is 19.0 Å². The van der Waals surface area contributed by atoms with Crippen molar-refractivity contribution in [3.63, 3.8) is 0 Å². The van der Waals surface area contributed by atoms with Crippen molar-refractivity contribution >= 4 is 19.8 Å². The lowest BCUT2D eigenvalue weighted by molar-refractivity contribution is -0.161. The van der Waals surface area contributed by atoms with E-state index < -0.39 is 32.5 Å². The topological polar surface area (TPSA) is 134 Å². The van der Waals surface area contributed by atoms with Gasteiger partial charge in [-0.1, -0.05) is 147 Å². The van der Waals surface area contributed by atoms with E-state index in [2.05, 4.69) is 50.3 Å². The molecule has 0 amide bonds. The highest BCUT2D eigenvalue weighted by Crippen LogP contribution is 2.43. The third-order valence-electron chi connectivity index (χ3n) is 8.75. The zero-order valence-corrected chi connectivity index (χ0v) is 34.2. The van der Waals surface area contributed by atoms with Crippen molar-refractivity contribution in [1.29, 1.82) is 0 Å². The maximum atomic E-state index is 12.5. The van der Waals surface area contributed by atoms with Gasteiger partial charge < -0.3 is 20.1 Å². The Hall–Kier alpha value is -1.77. The van der Waals surface area contributed by atoms with Crippen LogP contribution in [0.2, 0.25) is 0 Å². The lowest BCUT2D eigenvalue weighted by Gasteiger charge is -2.19. The van der Waals surface area contributed by atoms with Gasteiger partial charge in [-0.25, -0.2) is 4.57 Å². The normalized spacial score (nSPS) is 13.7. The second kappa shape index (κ2) is 38.9. The number of rotatable bonds is 39. The highest BCUT2D eigenvalue weighted by atomic mass is 31.2. The second-order valence-electron chi connectivity index (χ2n) is 13.8. The Bertz CT molecular complexity index is 954. The van der Waals surface area contributed by atoms with Gasteiger partial charge in [0.2, 0.25) is 0 Å². The number of hydrogen-bond acceptors (Lipinski definition) is 8. The van der Waals surface area contributed by atoms with Gasteiger partial charge in [-0.3, -0.25) is 18.6 Å². The largest absolute Gasteiger partial charge is 0.472 e. The van der Waals surface area contributed by atoms with Crippen molar-refractivity contribution in [2.24, 2.45) is 5.73 Å². The van der Waals surface area contributed by atoms with Gasteiger partial charge in [0.1, 0.15) is 6.61 Å². The van der Waals surface area contributed by atoms with Crippen LogP contribution in [0, 0.1) is 0 Å². The monoisotopic (exact) mass is 756 g/mol. The minimum absolute atomic E-state index is 0.0500. The Morgan fingerprint density at radius 1 is 0.577 bits per heavy atom. The summed E-state index contributed by atoms with van der Waals surface area (Å²) in [5.74, 6) is -0.849. The molecule has 0 saturated heterocycles. The maximum Gasteiger partial charge on any atom is 0.472 e. The first-order valence-electron chi connectivity index (χ1n) is 21.0. The number of unbranched alkanes of at least 4 members (excludes halogenated alkanes) is 20. The van der Waals surface area contributed by atoms with Gasteiger partial charge >= 0.3 is 19.8 Å². The van der Waals surface area contributed by atoms with Crippen molar-refractivity contribution in [1.82, 2.24) is 0 Å². The van der Waals surface area contributed by atoms with Crippen LogP contribution in [0.25, 0.3) is 0 Å². The molecule has 0 aliphatic rings. The van der Waals surface area contributed by atoms with Crippen LogP contribution in [0.3, 0.4) is 0 Å². The van der Waals surface area contributed by atoms with E-state index in [0.717, 1.165) is 77.0 Å². The van der Waals surface area contributed by atoms with Gasteiger partial charge in [-0.2, -0.15) is 0 Å². The number of carbonyl (C=O) groups excluding carboxylic acids is 2. The molecule has 304 valence electrons. The first kappa shape index (κ1) is 50.2. The van der Waals surface area contributed by atoms with Gasteiger partial charge in [-0.05, 0) is 64.2 Å². The van der Waals surface area contributed by atoms with Gasteiger partial charge in [-0.15, -0.1) is 0 Å². The molecule has 10 heteroatoms. The molecule has 0 aliphatic heterocycles. The lowest BCUT2D eigenvalue weighted by atomic mass is 10.1. The fourth-order valence-corrected chi connectivity index (χ4v) is 6.35. The van der Waals surface area contributed by atoms with E-state index in [0.29, 0.717) is 6.42 Å². The number of phosphoric acid groups is 1. The zero-order valence-electron chi connectivity index (χ0n) is 33.3. The molecule has 0 aromatic heterocycles. The predicted molar refractivity (Wildman–Crippen MR) is 215 cm³/mol. The molecule has 0 radical (unpaired) electrons. The van der Waals surface area contributed by atoms with E-state index in [4.69, 9.17) is 24.3 Å². The average molecular weight is 756 g/mol. The van der Waals surface area contributed by atoms with Crippen molar-refractivity contribution in [2.45, 2.75) is 193 Å². The molecule has 9 nitrogen and oxygen atoms in total. The molecule has 3 N–H and O–H groups in total.